The quantitative estimate of drug-likeness (QED) is 0.768. The van der Waals surface area contributed by atoms with Crippen molar-refractivity contribution in [2.45, 2.75) is 36.6 Å². The third kappa shape index (κ3) is 4.12. The van der Waals surface area contributed by atoms with E-state index in [1.807, 2.05) is 11.8 Å². The Bertz CT molecular complexity index is 522. The average Bonchev–Trinajstić information content (AvgIpc) is 2.43. The lowest BCUT2D eigenvalue weighted by Gasteiger charge is -2.11. The van der Waals surface area contributed by atoms with Crippen LogP contribution in [-0.4, -0.2) is 6.54 Å². The fourth-order valence-electron chi connectivity index (χ4n) is 1.94. The van der Waals surface area contributed by atoms with Crippen LogP contribution in [0, 0.1) is 6.92 Å². The van der Waals surface area contributed by atoms with Crippen LogP contribution in [0.4, 0.5) is 0 Å². The molecule has 0 aromatic heterocycles. The molecule has 0 saturated heterocycles. The molecule has 0 aliphatic carbocycles. The van der Waals surface area contributed by atoms with E-state index in [9.17, 15) is 0 Å². The van der Waals surface area contributed by atoms with Crippen molar-refractivity contribution in [3.05, 3.63) is 59.7 Å². The fourth-order valence-corrected chi connectivity index (χ4v) is 2.97. The van der Waals surface area contributed by atoms with Crippen LogP contribution in [0.3, 0.4) is 0 Å². The SMILES string of the molecule is CCCNCc1ccccc1Sc1ccccc1C. The van der Waals surface area contributed by atoms with Gasteiger partial charge in [-0.25, -0.2) is 0 Å². The zero-order chi connectivity index (χ0) is 13.5. The molecule has 2 rings (SSSR count). The number of nitrogens with one attached hydrogen (secondary N) is 1. The lowest BCUT2D eigenvalue weighted by Crippen LogP contribution is -2.14. The third-order valence-corrected chi connectivity index (χ3v) is 4.32. The van der Waals surface area contributed by atoms with Crippen molar-refractivity contribution in [3.63, 3.8) is 0 Å². The maximum atomic E-state index is 3.48. The van der Waals surface area contributed by atoms with E-state index < -0.39 is 0 Å². The fraction of sp³-hybridized carbons (Fsp3) is 0.294. The molecule has 1 N–H and O–H groups in total. The van der Waals surface area contributed by atoms with Crippen LogP contribution in [0.5, 0.6) is 0 Å². The normalized spacial score (nSPS) is 10.6. The van der Waals surface area contributed by atoms with Crippen LogP contribution >= 0.6 is 11.8 Å². The van der Waals surface area contributed by atoms with E-state index in [1.54, 1.807) is 0 Å². The second kappa shape index (κ2) is 7.37. The van der Waals surface area contributed by atoms with Gasteiger partial charge in [-0.1, -0.05) is 55.1 Å². The predicted octanol–water partition coefficient (Wildman–Crippen LogP) is 4.65. The van der Waals surface area contributed by atoms with Gasteiger partial charge in [-0.3, -0.25) is 0 Å². The molecule has 0 unspecified atom stereocenters. The lowest BCUT2D eigenvalue weighted by molar-refractivity contribution is 0.669. The van der Waals surface area contributed by atoms with Crippen molar-refractivity contribution in [1.82, 2.24) is 5.32 Å². The van der Waals surface area contributed by atoms with Gasteiger partial charge in [-0.2, -0.15) is 0 Å². The molecule has 0 bridgehead atoms. The molecule has 0 spiro atoms. The van der Waals surface area contributed by atoms with Crippen molar-refractivity contribution >= 4 is 11.8 Å². The standard InChI is InChI=1S/C17H21NS/c1-3-12-18-13-15-9-5-7-11-17(15)19-16-10-6-4-8-14(16)2/h4-11,18H,3,12-13H2,1-2H3. The summed E-state index contributed by atoms with van der Waals surface area (Å²) in [6, 6.07) is 17.2. The van der Waals surface area contributed by atoms with Crippen LogP contribution < -0.4 is 5.32 Å². The number of hydrogen-bond acceptors (Lipinski definition) is 2. The van der Waals surface area contributed by atoms with E-state index in [4.69, 9.17) is 0 Å². The Hall–Kier alpha value is -1.25. The summed E-state index contributed by atoms with van der Waals surface area (Å²) < 4.78 is 0. The van der Waals surface area contributed by atoms with E-state index in [0.717, 1.165) is 13.1 Å². The van der Waals surface area contributed by atoms with Crippen LogP contribution in [0.25, 0.3) is 0 Å². The van der Waals surface area contributed by atoms with Gasteiger partial charge in [0, 0.05) is 16.3 Å². The zero-order valence-corrected chi connectivity index (χ0v) is 12.5. The molecule has 0 saturated carbocycles. The highest BCUT2D eigenvalue weighted by Gasteiger charge is 2.05. The van der Waals surface area contributed by atoms with E-state index in [0.29, 0.717) is 0 Å². The number of aryl methyl sites for hydroxylation is 1. The Morgan fingerprint density at radius 2 is 1.63 bits per heavy atom. The van der Waals surface area contributed by atoms with Crippen molar-refractivity contribution in [2.75, 3.05) is 6.54 Å². The molecule has 2 aromatic rings. The van der Waals surface area contributed by atoms with E-state index in [2.05, 4.69) is 67.7 Å². The first-order valence-electron chi connectivity index (χ1n) is 6.83. The maximum absolute atomic E-state index is 3.48. The summed E-state index contributed by atoms with van der Waals surface area (Å²) in [5, 5.41) is 3.48. The summed E-state index contributed by atoms with van der Waals surface area (Å²) in [5.41, 5.74) is 2.72. The van der Waals surface area contributed by atoms with E-state index >= 15 is 0 Å². The summed E-state index contributed by atoms with van der Waals surface area (Å²) >= 11 is 1.86. The third-order valence-electron chi connectivity index (χ3n) is 3.03. The van der Waals surface area contributed by atoms with Crippen LogP contribution in [0.2, 0.25) is 0 Å². The molecule has 0 radical (unpaired) electrons. The van der Waals surface area contributed by atoms with Gasteiger partial charge in [0.1, 0.15) is 0 Å². The van der Waals surface area contributed by atoms with Gasteiger partial charge in [0.2, 0.25) is 0 Å². The molecule has 100 valence electrons. The van der Waals surface area contributed by atoms with Gasteiger partial charge in [0.25, 0.3) is 0 Å². The minimum atomic E-state index is 0.947. The summed E-state index contributed by atoms with van der Waals surface area (Å²) in [7, 11) is 0. The summed E-state index contributed by atoms with van der Waals surface area (Å²) in [6.45, 7) is 6.38. The Morgan fingerprint density at radius 3 is 2.37 bits per heavy atom. The first-order chi connectivity index (χ1) is 9.31. The van der Waals surface area contributed by atoms with Gasteiger partial charge in [-0.15, -0.1) is 0 Å². The minimum Gasteiger partial charge on any atom is -0.313 e. The second-order valence-corrected chi connectivity index (χ2v) is 5.74. The molecule has 19 heavy (non-hydrogen) atoms. The first kappa shape index (κ1) is 14.2. The molecule has 0 atom stereocenters. The number of hydrogen-bond donors (Lipinski definition) is 1. The minimum absolute atomic E-state index is 0.947. The van der Waals surface area contributed by atoms with Crippen LogP contribution in [0.1, 0.15) is 24.5 Å². The smallest absolute Gasteiger partial charge is 0.0216 e. The summed E-state index contributed by atoms with van der Waals surface area (Å²) in [4.78, 5) is 2.69. The van der Waals surface area contributed by atoms with Gasteiger partial charge in [0.15, 0.2) is 0 Å². The predicted molar refractivity (Wildman–Crippen MR) is 83.7 cm³/mol. The highest BCUT2D eigenvalue weighted by Crippen LogP contribution is 2.32. The molecule has 0 fully saturated rings. The molecule has 2 aromatic carbocycles. The average molecular weight is 271 g/mol. The van der Waals surface area contributed by atoms with Crippen molar-refractivity contribution < 1.29 is 0 Å². The largest absolute Gasteiger partial charge is 0.313 e. The Balaban J connectivity index is 2.13. The molecular weight excluding hydrogens is 250 g/mol. The molecule has 0 heterocycles. The highest BCUT2D eigenvalue weighted by atomic mass is 32.2. The zero-order valence-electron chi connectivity index (χ0n) is 11.6. The highest BCUT2D eigenvalue weighted by molar-refractivity contribution is 7.99. The van der Waals surface area contributed by atoms with Gasteiger partial charge >= 0.3 is 0 Å². The monoisotopic (exact) mass is 271 g/mol. The van der Waals surface area contributed by atoms with E-state index in [1.165, 1.54) is 27.3 Å². The summed E-state index contributed by atoms with van der Waals surface area (Å²) in [6.07, 6.45) is 1.17. The molecule has 0 aliphatic rings. The number of rotatable bonds is 6. The molecular formula is C17H21NS. The Labute approximate surface area is 120 Å². The Morgan fingerprint density at radius 1 is 0.947 bits per heavy atom. The lowest BCUT2D eigenvalue weighted by atomic mass is 10.2. The first-order valence-corrected chi connectivity index (χ1v) is 7.65. The molecule has 1 nitrogen and oxygen atoms in total. The second-order valence-electron chi connectivity index (χ2n) is 4.65. The van der Waals surface area contributed by atoms with Crippen molar-refractivity contribution in [3.8, 4) is 0 Å². The van der Waals surface area contributed by atoms with Crippen LogP contribution in [-0.2, 0) is 6.54 Å². The summed E-state index contributed by atoms with van der Waals surface area (Å²) in [5.74, 6) is 0. The van der Waals surface area contributed by atoms with Gasteiger partial charge in [-0.05, 0) is 43.1 Å². The van der Waals surface area contributed by atoms with Crippen molar-refractivity contribution in [1.29, 1.82) is 0 Å². The molecule has 0 aliphatic heterocycles. The maximum Gasteiger partial charge on any atom is 0.0216 e. The van der Waals surface area contributed by atoms with Crippen LogP contribution in [0.15, 0.2) is 58.3 Å². The topological polar surface area (TPSA) is 12.0 Å². The van der Waals surface area contributed by atoms with Crippen molar-refractivity contribution in [2.24, 2.45) is 0 Å². The van der Waals surface area contributed by atoms with E-state index in [-0.39, 0.29) is 0 Å². The molecule has 0 amide bonds. The Kier molecular flexibility index (Phi) is 5.49. The molecule has 2 heteroatoms. The number of benzene rings is 2. The van der Waals surface area contributed by atoms with Gasteiger partial charge < -0.3 is 5.32 Å². The van der Waals surface area contributed by atoms with Gasteiger partial charge in [0.05, 0.1) is 0 Å².